The minimum absolute atomic E-state index is 0.237. The van der Waals surface area contributed by atoms with Crippen LogP contribution in [-0.4, -0.2) is 20.7 Å². The normalized spacial score (nSPS) is 10.9. The Hall–Kier alpha value is -3.78. The molecule has 0 aliphatic heterocycles. The highest BCUT2D eigenvalue weighted by Gasteiger charge is 2.22. The average Bonchev–Trinajstić information content (AvgIpc) is 3.20. The molecule has 0 fully saturated rings. The van der Waals surface area contributed by atoms with E-state index in [-0.39, 0.29) is 11.5 Å². The summed E-state index contributed by atoms with van der Waals surface area (Å²) in [6, 6.07) is 15.5. The Labute approximate surface area is 202 Å². The highest BCUT2D eigenvalue weighted by atomic mass is 32.1. The molecule has 0 saturated carbocycles. The number of carbonyl (C=O) groups is 1. The molecule has 0 atom stereocenters. The summed E-state index contributed by atoms with van der Waals surface area (Å²) >= 11 is 1.20. The first-order valence-electron chi connectivity index (χ1n) is 10.9. The van der Waals surface area contributed by atoms with Crippen LogP contribution in [0.25, 0.3) is 10.6 Å². The second-order valence-electron chi connectivity index (χ2n) is 8.18. The van der Waals surface area contributed by atoms with Gasteiger partial charge in [-0.15, -0.1) is 11.3 Å². The van der Waals surface area contributed by atoms with Crippen molar-refractivity contribution in [1.82, 2.24) is 14.8 Å². The van der Waals surface area contributed by atoms with Gasteiger partial charge in [-0.1, -0.05) is 36.4 Å². The molecule has 0 bridgehead atoms. The summed E-state index contributed by atoms with van der Waals surface area (Å²) in [6.07, 6.45) is 0. The zero-order valence-corrected chi connectivity index (χ0v) is 20.6. The third-order valence-electron chi connectivity index (χ3n) is 5.56. The molecule has 174 valence electrons. The topological polar surface area (TPSA) is 86.1 Å². The van der Waals surface area contributed by atoms with Gasteiger partial charge in [-0.05, 0) is 56.5 Å². The standard InChI is InChI=1S/C26H26N4O3S/c1-15-11-12-20(21(13-15)33-14-19-9-7-6-8-10-19)28-24(31)23-18(4)27-25(34-23)22-16(2)17(3)29-30(5)26(22)32/h6-13H,14H2,1-5H3,(H,28,31). The molecule has 0 saturated heterocycles. The first-order valence-corrected chi connectivity index (χ1v) is 11.7. The summed E-state index contributed by atoms with van der Waals surface area (Å²) in [5.41, 5.74) is 4.95. The smallest absolute Gasteiger partial charge is 0.277 e. The van der Waals surface area contributed by atoms with Gasteiger partial charge in [0.05, 0.1) is 22.6 Å². The van der Waals surface area contributed by atoms with E-state index in [1.165, 1.54) is 16.0 Å². The van der Waals surface area contributed by atoms with E-state index >= 15 is 0 Å². The molecule has 4 rings (SSSR count). The molecule has 2 aromatic heterocycles. The lowest BCUT2D eigenvalue weighted by Gasteiger charge is -2.13. The first-order chi connectivity index (χ1) is 16.2. The summed E-state index contributed by atoms with van der Waals surface area (Å²) in [5, 5.41) is 7.69. The van der Waals surface area contributed by atoms with Gasteiger partial charge in [0.25, 0.3) is 11.5 Å². The SMILES string of the molecule is Cc1ccc(NC(=O)c2sc(-c3c(C)c(C)nn(C)c3=O)nc2C)c(OCc2ccccc2)c1. The summed E-state index contributed by atoms with van der Waals surface area (Å²) in [4.78, 5) is 30.9. The van der Waals surface area contributed by atoms with Crippen LogP contribution >= 0.6 is 11.3 Å². The lowest BCUT2D eigenvalue weighted by atomic mass is 10.1. The number of hydrogen-bond donors (Lipinski definition) is 1. The number of aryl methyl sites for hydroxylation is 4. The monoisotopic (exact) mass is 474 g/mol. The van der Waals surface area contributed by atoms with E-state index in [9.17, 15) is 9.59 Å². The van der Waals surface area contributed by atoms with E-state index < -0.39 is 0 Å². The maximum Gasteiger partial charge on any atom is 0.277 e. The highest BCUT2D eigenvalue weighted by Crippen LogP contribution is 2.31. The van der Waals surface area contributed by atoms with Crippen molar-refractivity contribution >= 4 is 22.9 Å². The fourth-order valence-corrected chi connectivity index (χ4v) is 4.64. The Balaban J connectivity index is 1.61. The number of nitrogens with one attached hydrogen (secondary N) is 1. The number of carbonyl (C=O) groups excluding carboxylic acids is 1. The van der Waals surface area contributed by atoms with E-state index in [0.29, 0.717) is 39.2 Å². The van der Waals surface area contributed by atoms with Crippen LogP contribution in [0.2, 0.25) is 0 Å². The Morgan fingerprint density at radius 3 is 2.53 bits per heavy atom. The number of benzene rings is 2. The van der Waals surface area contributed by atoms with Gasteiger partial charge >= 0.3 is 0 Å². The molecule has 0 radical (unpaired) electrons. The Morgan fingerprint density at radius 2 is 1.79 bits per heavy atom. The molecular formula is C26H26N4O3S. The maximum absolute atomic E-state index is 13.2. The highest BCUT2D eigenvalue weighted by molar-refractivity contribution is 7.17. The number of thiazole rings is 1. The van der Waals surface area contributed by atoms with Crippen molar-refractivity contribution in [3.63, 3.8) is 0 Å². The maximum atomic E-state index is 13.2. The number of aromatic nitrogens is 3. The van der Waals surface area contributed by atoms with Crippen LogP contribution in [0.15, 0.2) is 53.3 Å². The summed E-state index contributed by atoms with van der Waals surface area (Å²) in [7, 11) is 1.61. The quantitative estimate of drug-likeness (QED) is 0.426. The largest absolute Gasteiger partial charge is 0.487 e. The molecule has 0 unspecified atom stereocenters. The third-order valence-corrected chi connectivity index (χ3v) is 6.74. The van der Waals surface area contributed by atoms with Crippen molar-refractivity contribution in [3.05, 3.63) is 91.8 Å². The predicted molar refractivity (Wildman–Crippen MR) is 135 cm³/mol. The van der Waals surface area contributed by atoms with E-state index in [0.717, 1.165) is 22.4 Å². The second-order valence-corrected chi connectivity index (χ2v) is 9.17. The number of rotatable bonds is 6. The van der Waals surface area contributed by atoms with Crippen LogP contribution in [0.1, 0.15) is 37.7 Å². The molecule has 7 nitrogen and oxygen atoms in total. The lowest BCUT2D eigenvalue weighted by Crippen LogP contribution is -2.23. The molecule has 0 aliphatic rings. The molecule has 1 N–H and O–H groups in total. The fraction of sp³-hybridized carbons (Fsp3) is 0.231. The third kappa shape index (κ3) is 4.77. The van der Waals surface area contributed by atoms with Crippen molar-refractivity contribution in [3.8, 4) is 16.3 Å². The van der Waals surface area contributed by atoms with E-state index in [1.54, 1.807) is 14.0 Å². The molecular weight excluding hydrogens is 448 g/mol. The molecule has 2 heterocycles. The van der Waals surface area contributed by atoms with E-state index in [1.807, 2.05) is 69.3 Å². The van der Waals surface area contributed by atoms with Gasteiger partial charge in [0, 0.05) is 7.05 Å². The molecule has 4 aromatic rings. The van der Waals surface area contributed by atoms with Crippen molar-refractivity contribution < 1.29 is 9.53 Å². The number of amides is 1. The number of anilines is 1. The van der Waals surface area contributed by atoms with Crippen LogP contribution in [0.5, 0.6) is 5.75 Å². The van der Waals surface area contributed by atoms with Crippen LogP contribution < -0.4 is 15.6 Å². The van der Waals surface area contributed by atoms with Gasteiger partial charge in [-0.25, -0.2) is 9.67 Å². The zero-order valence-electron chi connectivity index (χ0n) is 19.8. The van der Waals surface area contributed by atoms with Crippen molar-refractivity contribution in [1.29, 1.82) is 0 Å². The van der Waals surface area contributed by atoms with Gasteiger partial charge < -0.3 is 10.1 Å². The molecule has 1 amide bonds. The molecule has 2 aromatic carbocycles. The number of nitrogens with zero attached hydrogens (tertiary/aromatic N) is 3. The zero-order chi connectivity index (χ0) is 24.4. The van der Waals surface area contributed by atoms with E-state index in [4.69, 9.17) is 4.74 Å². The number of hydrogen-bond acceptors (Lipinski definition) is 6. The Morgan fingerprint density at radius 1 is 1.06 bits per heavy atom. The second kappa shape index (κ2) is 9.61. The number of ether oxygens (including phenoxy) is 1. The summed E-state index contributed by atoms with van der Waals surface area (Å²) in [6.45, 7) is 7.82. The van der Waals surface area contributed by atoms with Crippen LogP contribution in [0, 0.1) is 27.7 Å². The van der Waals surface area contributed by atoms with Gasteiger partial charge in [0.15, 0.2) is 0 Å². The lowest BCUT2D eigenvalue weighted by molar-refractivity contribution is 0.102. The van der Waals surface area contributed by atoms with Gasteiger partial charge in [0.2, 0.25) is 0 Å². The minimum Gasteiger partial charge on any atom is -0.487 e. The predicted octanol–water partition coefficient (Wildman–Crippen LogP) is 4.97. The fourth-order valence-electron chi connectivity index (χ4n) is 3.58. The van der Waals surface area contributed by atoms with Crippen molar-refractivity contribution in [2.75, 3.05) is 5.32 Å². The molecule has 0 spiro atoms. The Bertz CT molecular complexity index is 1420. The summed E-state index contributed by atoms with van der Waals surface area (Å²) < 4.78 is 7.33. The van der Waals surface area contributed by atoms with Gasteiger partial charge in [-0.3, -0.25) is 9.59 Å². The first kappa shape index (κ1) is 23.4. The van der Waals surface area contributed by atoms with Crippen molar-refractivity contribution in [2.45, 2.75) is 34.3 Å². The Kier molecular flexibility index (Phi) is 6.61. The average molecular weight is 475 g/mol. The minimum atomic E-state index is -0.296. The molecule has 8 heteroatoms. The summed E-state index contributed by atoms with van der Waals surface area (Å²) in [5.74, 6) is 0.295. The van der Waals surface area contributed by atoms with Crippen LogP contribution in [0.3, 0.4) is 0 Å². The van der Waals surface area contributed by atoms with Crippen LogP contribution in [0.4, 0.5) is 5.69 Å². The molecule has 0 aliphatic carbocycles. The van der Waals surface area contributed by atoms with Gasteiger partial charge in [0.1, 0.15) is 22.2 Å². The van der Waals surface area contributed by atoms with Crippen LogP contribution in [-0.2, 0) is 13.7 Å². The molecule has 34 heavy (non-hydrogen) atoms. The van der Waals surface area contributed by atoms with Gasteiger partial charge in [-0.2, -0.15) is 5.10 Å². The van der Waals surface area contributed by atoms with Crippen molar-refractivity contribution in [2.24, 2.45) is 7.05 Å². The van der Waals surface area contributed by atoms with E-state index in [2.05, 4.69) is 15.4 Å².